The summed E-state index contributed by atoms with van der Waals surface area (Å²) in [5, 5.41) is 4.27. The number of nitrogens with zero attached hydrogens (tertiary/aromatic N) is 4. The highest BCUT2D eigenvalue weighted by Gasteiger charge is 2.26. The van der Waals surface area contributed by atoms with E-state index in [0.29, 0.717) is 44.3 Å². The zero-order valence-corrected chi connectivity index (χ0v) is 17.6. The number of morpholine rings is 1. The Morgan fingerprint density at radius 3 is 2.91 bits per heavy atom. The number of aryl methyl sites for hydroxylation is 1. The molecule has 0 unspecified atom stereocenters. The number of aromatic nitrogens is 4. The fraction of sp³-hybridized carbons (Fsp3) is 0.250. The fourth-order valence-corrected chi connectivity index (χ4v) is 3.97. The highest BCUT2D eigenvalue weighted by molar-refractivity contribution is 5.84. The number of anilines is 2. The number of aromatic amines is 1. The molecule has 0 bridgehead atoms. The van der Waals surface area contributed by atoms with Crippen molar-refractivity contribution in [2.75, 3.05) is 25.0 Å². The summed E-state index contributed by atoms with van der Waals surface area (Å²) < 4.78 is 5.94. The lowest BCUT2D eigenvalue weighted by Crippen LogP contribution is -2.42. The molecule has 8 heteroatoms. The molecule has 0 spiro atoms. The summed E-state index contributed by atoms with van der Waals surface area (Å²) in [6.45, 7) is 1.58. The molecule has 1 aliphatic heterocycles. The van der Waals surface area contributed by atoms with Gasteiger partial charge in [0.25, 0.3) is 0 Å². The number of hydrogen-bond donors (Lipinski definition) is 2. The standard InChI is InChI=1S/C24H24N6O2/c31-23(10-9-17-15-27-19-6-2-1-5-18(17)19)30-13-14-32-21(16-30)20-7-3-8-22(28-20)29-24-25-11-4-12-26-24/h1-8,11-12,15,21,27H,9-10,13-14,16H2,(H,25,26,28,29)/t21-/m0/s1. The summed E-state index contributed by atoms with van der Waals surface area (Å²) in [5.41, 5.74) is 3.05. The van der Waals surface area contributed by atoms with Crippen molar-refractivity contribution in [1.29, 1.82) is 0 Å². The number of benzene rings is 1. The van der Waals surface area contributed by atoms with Gasteiger partial charge < -0.3 is 19.9 Å². The third-order valence-electron chi connectivity index (χ3n) is 5.61. The molecule has 0 aliphatic carbocycles. The van der Waals surface area contributed by atoms with E-state index in [4.69, 9.17) is 4.74 Å². The number of para-hydroxylation sites is 1. The van der Waals surface area contributed by atoms with Gasteiger partial charge in [0, 0.05) is 42.5 Å². The number of nitrogens with one attached hydrogen (secondary N) is 2. The Labute approximate surface area is 185 Å². The molecular weight excluding hydrogens is 404 g/mol. The number of carbonyl (C=O) groups is 1. The van der Waals surface area contributed by atoms with Crippen LogP contribution in [0.5, 0.6) is 0 Å². The molecule has 1 saturated heterocycles. The van der Waals surface area contributed by atoms with Gasteiger partial charge in [-0.1, -0.05) is 24.3 Å². The quantitative estimate of drug-likeness (QED) is 0.487. The third kappa shape index (κ3) is 4.45. The largest absolute Gasteiger partial charge is 0.368 e. The Hall–Kier alpha value is -3.78. The average Bonchev–Trinajstić information content (AvgIpc) is 3.26. The first-order valence-electron chi connectivity index (χ1n) is 10.7. The zero-order chi connectivity index (χ0) is 21.8. The van der Waals surface area contributed by atoms with E-state index in [9.17, 15) is 4.79 Å². The van der Waals surface area contributed by atoms with Gasteiger partial charge in [-0.25, -0.2) is 15.0 Å². The van der Waals surface area contributed by atoms with Crippen LogP contribution in [0.4, 0.5) is 11.8 Å². The Balaban J connectivity index is 1.22. The molecule has 3 aromatic heterocycles. The van der Waals surface area contributed by atoms with Gasteiger partial charge in [0.15, 0.2) is 0 Å². The first-order valence-corrected chi connectivity index (χ1v) is 10.7. The Kier molecular flexibility index (Phi) is 5.76. The molecule has 1 atom stereocenters. The lowest BCUT2D eigenvalue weighted by Gasteiger charge is -2.33. The van der Waals surface area contributed by atoms with Crippen LogP contribution in [0.2, 0.25) is 0 Å². The highest BCUT2D eigenvalue weighted by atomic mass is 16.5. The van der Waals surface area contributed by atoms with E-state index >= 15 is 0 Å². The van der Waals surface area contributed by atoms with Gasteiger partial charge in [-0.15, -0.1) is 0 Å². The summed E-state index contributed by atoms with van der Waals surface area (Å²) in [6.07, 6.45) is 6.25. The summed E-state index contributed by atoms with van der Waals surface area (Å²) in [5.74, 6) is 1.26. The van der Waals surface area contributed by atoms with Crippen LogP contribution in [0.1, 0.15) is 23.8 Å². The van der Waals surface area contributed by atoms with Crippen molar-refractivity contribution in [3.63, 3.8) is 0 Å². The maximum Gasteiger partial charge on any atom is 0.228 e. The molecule has 0 radical (unpaired) electrons. The molecule has 5 rings (SSSR count). The van der Waals surface area contributed by atoms with Gasteiger partial charge in [-0.2, -0.15) is 0 Å². The van der Waals surface area contributed by atoms with E-state index in [0.717, 1.165) is 11.2 Å². The minimum Gasteiger partial charge on any atom is -0.368 e. The second kappa shape index (κ2) is 9.15. The molecule has 1 aliphatic rings. The number of carbonyl (C=O) groups excluding carboxylic acids is 1. The molecule has 1 fully saturated rings. The second-order valence-corrected chi connectivity index (χ2v) is 7.70. The molecule has 4 heterocycles. The van der Waals surface area contributed by atoms with E-state index < -0.39 is 0 Å². The smallest absolute Gasteiger partial charge is 0.228 e. The maximum absolute atomic E-state index is 12.9. The van der Waals surface area contributed by atoms with E-state index in [1.54, 1.807) is 18.5 Å². The van der Waals surface area contributed by atoms with Crippen molar-refractivity contribution in [1.82, 2.24) is 24.8 Å². The van der Waals surface area contributed by atoms with Gasteiger partial charge in [0.05, 0.1) is 18.8 Å². The predicted octanol–water partition coefficient (Wildman–Crippen LogP) is 3.63. The van der Waals surface area contributed by atoms with Crippen molar-refractivity contribution in [3.8, 4) is 0 Å². The van der Waals surface area contributed by atoms with Crippen molar-refractivity contribution in [3.05, 3.63) is 78.4 Å². The van der Waals surface area contributed by atoms with E-state index in [1.165, 1.54) is 10.9 Å². The van der Waals surface area contributed by atoms with Crippen molar-refractivity contribution >= 4 is 28.6 Å². The zero-order valence-electron chi connectivity index (χ0n) is 17.6. The molecule has 0 saturated carbocycles. The number of fused-ring (bicyclic) bond motifs is 1. The van der Waals surface area contributed by atoms with Crippen LogP contribution in [-0.2, 0) is 16.0 Å². The van der Waals surface area contributed by atoms with Gasteiger partial charge in [-0.05, 0) is 36.2 Å². The van der Waals surface area contributed by atoms with Crippen LogP contribution < -0.4 is 5.32 Å². The summed E-state index contributed by atoms with van der Waals surface area (Å²) in [6, 6.07) is 15.6. The third-order valence-corrected chi connectivity index (χ3v) is 5.61. The van der Waals surface area contributed by atoms with Crippen molar-refractivity contribution in [2.45, 2.75) is 18.9 Å². The molecule has 32 heavy (non-hydrogen) atoms. The number of ether oxygens (including phenoxy) is 1. The normalized spacial score (nSPS) is 16.2. The molecule has 2 N–H and O–H groups in total. The molecule has 1 amide bonds. The van der Waals surface area contributed by atoms with Gasteiger partial charge >= 0.3 is 0 Å². The highest BCUT2D eigenvalue weighted by Crippen LogP contribution is 2.24. The predicted molar refractivity (Wildman–Crippen MR) is 121 cm³/mol. The minimum absolute atomic E-state index is 0.135. The number of rotatable bonds is 6. The Morgan fingerprint density at radius 2 is 2.00 bits per heavy atom. The Bertz CT molecular complexity index is 1210. The SMILES string of the molecule is O=C(CCc1c[nH]c2ccccc12)N1CCO[C@H](c2cccc(Nc3ncccn3)n2)C1. The van der Waals surface area contributed by atoms with Crippen molar-refractivity contribution < 1.29 is 9.53 Å². The number of H-pyrrole nitrogens is 1. The summed E-state index contributed by atoms with van der Waals surface area (Å²) in [4.78, 5) is 31.1. The van der Waals surface area contributed by atoms with Crippen LogP contribution in [0, 0.1) is 0 Å². The summed E-state index contributed by atoms with van der Waals surface area (Å²) in [7, 11) is 0. The minimum atomic E-state index is -0.265. The average molecular weight is 428 g/mol. The molecule has 162 valence electrons. The van der Waals surface area contributed by atoms with E-state index in [1.807, 2.05) is 47.5 Å². The van der Waals surface area contributed by atoms with E-state index in [2.05, 4.69) is 31.3 Å². The summed E-state index contributed by atoms with van der Waals surface area (Å²) >= 11 is 0. The number of hydrogen-bond acceptors (Lipinski definition) is 6. The second-order valence-electron chi connectivity index (χ2n) is 7.70. The van der Waals surface area contributed by atoms with Gasteiger partial charge in [-0.3, -0.25) is 4.79 Å². The first kappa shape index (κ1) is 20.1. The topological polar surface area (TPSA) is 96.0 Å². The van der Waals surface area contributed by atoms with Crippen molar-refractivity contribution in [2.24, 2.45) is 0 Å². The van der Waals surface area contributed by atoms with Crippen LogP contribution in [0.15, 0.2) is 67.1 Å². The molecule has 4 aromatic rings. The lowest BCUT2D eigenvalue weighted by atomic mass is 10.1. The van der Waals surface area contributed by atoms with Crippen LogP contribution >= 0.6 is 0 Å². The van der Waals surface area contributed by atoms with E-state index in [-0.39, 0.29) is 12.0 Å². The van der Waals surface area contributed by atoms with Crippen LogP contribution in [0.25, 0.3) is 10.9 Å². The van der Waals surface area contributed by atoms with Crippen LogP contribution in [0.3, 0.4) is 0 Å². The first-order chi connectivity index (χ1) is 15.8. The van der Waals surface area contributed by atoms with Crippen LogP contribution in [-0.4, -0.2) is 50.4 Å². The fourth-order valence-electron chi connectivity index (χ4n) is 3.97. The molecular formula is C24H24N6O2. The molecule has 1 aromatic carbocycles. The number of pyridine rings is 1. The number of amides is 1. The van der Waals surface area contributed by atoms with Gasteiger partial charge in [0.1, 0.15) is 11.9 Å². The Morgan fingerprint density at radius 1 is 1.12 bits per heavy atom. The molecule has 8 nitrogen and oxygen atoms in total. The monoisotopic (exact) mass is 428 g/mol. The van der Waals surface area contributed by atoms with Gasteiger partial charge in [0.2, 0.25) is 11.9 Å². The lowest BCUT2D eigenvalue weighted by molar-refractivity contribution is -0.139. The maximum atomic E-state index is 12.9.